The first kappa shape index (κ1) is 15.8. The second-order valence-corrected chi connectivity index (χ2v) is 6.24. The molecular weight excluding hydrogens is 264 g/mol. The summed E-state index contributed by atoms with van der Waals surface area (Å²) in [6, 6.07) is 6.08. The van der Waals surface area contributed by atoms with Gasteiger partial charge in [-0.15, -0.1) is 0 Å². The minimum absolute atomic E-state index is 0.0622. The highest BCUT2D eigenvalue weighted by atomic mass is 16.5. The fourth-order valence-corrected chi connectivity index (χ4v) is 2.59. The zero-order valence-corrected chi connectivity index (χ0v) is 13.2. The molecule has 2 rings (SSSR count). The Morgan fingerprint density at radius 1 is 1.43 bits per heavy atom. The van der Waals surface area contributed by atoms with Gasteiger partial charge in [0.15, 0.2) is 6.10 Å². The molecule has 0 radical (unpaired) electrons. The Bertz CT molecular complexity index is 500. The summed E-state index contributed by atoms with van der Waals surface area (Å²) >= 11 is 0. The minimum atomic E-state index is -0.481. The third kappa shape index (κ3) is 4.21. The number of ether oxygens (including phenoxy) is 1. The highest BCUT2D eigenvalue weighted by molar-refractivity contribution is 5.80. The third-order valence-electron chi connectivity index (χ3n) is 3.94. The van der Waals surface area contributed by atoms with Crippen molar-refractivity contribution in [3.63, 3.8) is 0 Å². The number of hydrogen-bond donors (Lipinski definition) is 2. The number of nitrogens with two attached hydrogens (primary N) is 1. The Kier molecular flexibility index (Phi) is 5.23. The summed E-state index contributed by atoms with van der Waals surface area (Å²) < 4.78 is 5.74. The van der Waals surface area contributed by atoms with E-state index in [2.05, 4.69) is 19.2 Å². The van der Waals surface area contributed by atoms with Crippen LogP contribution in [-0.2, 0) is 11.2 Å². The average molecular weight is 290 g/mol. The van der Waals surface area contributed by atoms with Crippen molar-refractivity contribution >= 4 is 5.91 Å². The van der Waals surface area contributed by atoms with Crippen molar-refractivity contribution in [2.24, 2.45) is 11.7 Å². The minimum Gasteiger partial charge on any atom is -0.481 e. The van der Waals surface area contributed by atoms with Gasteiger partial charge in [-0.05, 0) is 55.4 Å². The van der Waals surface area contributed by atoms with Gasteiger partial charge in [-0.2, -0.15) is 0 Å². The van der Waals surface area contributed by atoms with Crippen LogP contribution in [0.2, 0.25) is 0 Å². The van der Waals surface area contributed by atoms with E-state index in [1.807, 2.05) is 18.2 Å². The summed E-state index contributed by atoms with van der Waals surface area (Å²) in [6.07, 6.45) is 2.48. The lowest BCUT2D eigenvalue weighted by atomic mass is 10.1. The number of hydrogen-bond acceptors (Lipinski definition) is 3. The van der Waals surface area contributed by atoms with Crippen LogP contribution >= 0.6 is 0 Å². The quantitative estimate of drug-likeness (QED) is 0.846. The molecule has 0 bridgehead atoms. The van der Waals surface area contributed by atoms with E-state index in [1.165, 1.54) is 11.1 Å². The number of rotatable bonds is 6. The van der Waals surface area contributed by atoms with Gasteiger partial charge in [0.1, 0.15) is 5.75 Å². The van der Waals surface area contributed by atoms with Crippen LogP contribution in [0.5, 0.6) is 5.75 Å². The van der Waals surface area contributed by atoms with Crippen molar-refractivity contribution in [3.8, 4) is 5.75 Å². The lowest BCUT2D eigenvalue weighted by molar-refractivity contribution is -0.127. The number of amides is 1. The summed E-state index contributed by atoms with van der Waals surface area (Å²) in [5.41, 5.74) is 8.47. The van der Waals surface area contributed by atoms with Crippen LogP contribution in [0, 0.1) is 5.92 Å². The summed E-state index contributed by atoms with van der Waals surface area (Å²) in [5, 5.41) is 2.91. The number of benzene rings is 1. The average Bonchev–Trinajstić information content (AvgIpc) is 2.79. The van der Waals surface area contributed by atoms with Crippen LogP contribution in [0.1, 0.15) is 50.8 Å². The molecule has 1 aliphatic carbocycles. The summed E-state index contributed by atoms with van der Waals surface area (Å²) in [5.74, 6) is 1.27. The predicted octanol–water partition coefficient (Wildman–Crippen LogP) is 2.56. The molecule has 0 saturated heterocycles. The van der Waals surface area contributed by atoms with E-state index in [0.29, 0.717) is 12.5 Å². The Morgan fingerprint density at radius 3 is 2.90 bits per heavy atom. The summed E-state index contributed by atoms with van der Waals surface area (Å²) in [6.45, 7) is 6.76. The number of aryl methyl sites for hydroxylation is 1. The smallest absolute Gasteiger partial charge is 0.260 e. The largest absolute Gasteiger partial charge is 0.481 e. The molecule has 0 aromatic heterocycles. The molecule has 21 heavy (non-hydrogen) atoms. The van der Waals surface area contributed by atoms with Gasteiger partial charge in [0.2, 0.25) is 0 Å². The van der Waals surface area contributed by atoms with E-state index in [0.717, 1.165) is 25.0 Å². The molecule has 0 aliphatic heterocycles. The molecular formula is C17H26N2O2. The zero-order chi connectivity index (χ0) is 15.4. The molecule has 4 heteroatoms. The molecule has 4 nitrogen and oxygen atoms in total. The second kappa shape index (κ2) is 6.94. The van der Waals surface area contributed by atoms with E-state index in [9.17, 15) is 4.79 Å². The van der Waals surface area contributed by atoms with Gasteiger partial charge in [0.05, 0.1) is 0 Å². The van der Waals surface area contributed by atoms with Crippen LogP contribution in [-0.4, -0.2) is 18.6 Å². The molecule has 1 aromatic rings. The fourth-order valence-electron chi connectivity index (χ4n) is 2.59. The van der Waals surface area contributed by atoms with Crippen molar-refractivity contribution in [3.05, 3.63) is 29.3 Å². The van der Waals surface area contributed by atoms with Crippen LogP contribution in [0.4, 0.5) is 0 Å². The van der Waals surface area contributed by atoms with Gasteiger partial charge >= 0.3 is 0 Å². The predicted molar refractivity (Wildman–Crippen MR) is 84.2 cm³/mol. The van der Waals surface area contributed by atoms with E-state index >= 15 is 0 Å². The summed E-state index contributed by atoms with van der Waals surface area (Å²) in [4.78, 5) is 12.0. The van der Waals surface area contributed by atoms with Gasteiger partial charge < -0.3 is 15.8 Å². The molecule has 0 heterocycles. The van der Waals surface area contributed by atoms with Crippen LogP contribution in [0.25, 0.3) is 0 Å². The number of nitrogens with one attached hydrogen (secondary N) is 1. The van der Waals surface area contributed by atoms with E-state index < -0.39 is 6.10 Å². The zero-order valence-electron chi connectivity index (χ0n) is 13.2. The number of fused-ring (bicyclic) bond motifs is 1. The maximum Gasteiger partial charge on any atom is 0.260 e. The SMILES string of the molecule is CC(C)CCNC(=O)C(C)Oc1ccc2c(c1)CCC2N. The lowest BCUT2D eigenvalue weighted by Crippen LogP contribution is -2.37. The van der Waals surface area contributed by atoms with Gasteiger partial charge in [-0.25, -0.2) is 0 Å². The Balaban J connectivity index is 1.88. The van der Waals surface area contributed by atoms with Gasteiger partial charge in [-0.3, -0.25) is 4.79 Å². The maximum absolute atomic E-state index is 12.0. The highest BCUT2D eigenvalue weighted by Crippen LogP contribution is 2.32. The molecule has 1 aromatic carbocycles. The van der Waals surface area contributed by atoms with Crippen LogP contribution in [0.3, 0.4) is 0 Å². The number of carbonyl (C=O) groups excluding carboxylic acids is 1. The first-order valence-corrected chi connectivity index (χ1v) is 7.80. The van der Waals surface area contributed by atoms with Crippen LogP contribution in [0.15, 0.2) is 18.2 Å². The Morgan fingerprint density at radius 2 is 2.19 bits per heavy atom. The highest BCUT2D eigenvalue weighted by Gasteiger charge is 2.20. The molecule has 1 aliphatic rings. The van der Waals surface area contributed by atoms with Crippen molar-refractivity contribution in [2.45, 2.75) is 52.2 Å². The molecule has 3 N–H and O–H groups in total. The number of carbonyl (C=O) groups is 1. The van der Waals surface area contributed by atoms with E-state index in [4.69, 9.17) is 10.5 Å². The Hall–Kier alpha value is -1.55. The van der Waals surface area contributed by atoms with Crippen molar-refractivity contribution in [1.29, 1.82) is 0 Å². The summed E-state index contributed by atoms with van der Waals surface area (Å²) in [7, 11) is 0. The molecule has 2 atom stereocenters. The van der Waals surface area contributed by atoms with Gasteiger partial charge in [-0.1, -0.05) is 19.9 Å². The molecule has 0 spiro atoms. The third-order valence-corrected chi connectivity index (χ3v) is 3.94. The van der Waals surface area contributed by atoms with Crippen molar-refractivity contribution < 1.29 is 9.53 Å². The van der Waals surface area contributed by atoms with Gasteiger partial charge in [0.25, 0.3) is 5.91 Å². The monoisotopic (exact) mass is 290 g/mol. The van der Waals surface area contributed by atoms with E-state index in [-0.39, 0.29) is 11.9 Å². The molecule has 0 saturated carbocycles. The molecule has 0 fully saturated rings. The molecule has 116 valence electrons. The van der Waals surface area contributed by atoms with Crippen LogP contribution < -0.4 is 15.8 Å². The van der Waals surface area contributed by atoms with E-state index in [1.54, 1.807) is 6.92 Å². The molecule has 1 amide bonds. The standard InChI is InChI=1S/C17H26N2O2/c1-11(2)8-9-19-17(20)12(3)21-14-5-6-15-13(10-14)4-7-16(15)18/h5-6,10-12,16H,4,7-9,18H2,1-3H3,(H,19,20). The lowest BCUT2D eigenvalue weighted by Gasteiger charge is -2.16. The molecule has 2 unspecified atom stereocenters. The first-order valence-electron chi connectivity index (χ1n) is 7.80. The van der Waals surface area contributed by atoms with Crippen molar-refractivity contribution in [1.82, 2.24) is 5.32 Å². The maximum atomic E-state index is 12.0. The van der Waals surface area contributed by atoms with Gasteiger partial charge in [0, 0.05) is 12.6 Å². The van der Waals surface area contributed by atoms with Crippen molar-refractivity contribution in [2.75, 3.05) is 6.54 Å². The normalized spacial score (nSPS) is 18.4. The first-order chi connectivity index (χ1) is 9.97. The second-order valence-electron chi connectivity index (χ2n) is 6.24. The Labute approximate surface area is 127 Å². The topological polar surface area (TPSA) is 64.3 Å². The fraction of sp³-hybridized carbons (Fsp3) is 0.588.